The normalized spacial score (nSPS) is 13.3. The van der Waals surface area contributed by atoms with Crippen LogP contribution in [0.2, 0.25) is 0 Å². The lowest BCUT2D eigenvalue weighted by Gasteiger charge is -2.05. The van der Waals surface area contributed by atoms with Crippen molar-refractivity contribution in [3.8, 4) is 0 Å². The highest BCUT2D eigenvalue weighted by Gasteiger charge is 1.95. The van der Waals surface area contributed by atoms with E-state index in [0.29, 0.717) is 0 Å². The van der Waals surface area contributed by atoms with E-state index in [4.69, 9.17) is 0 Å². The highest BCUT2D eigenvalue weighted by Crippen LogP contribution is 2.15. The molecule has 0 amide bonds. The Morgan fingerprint density at radius 3 is 1.10 bits per heavy atom. The monoisotopic (exact) mass is 294 g/mol. The largest absolute Gasteiger partial charge is 0.207 e. The van der Waals surface area contributed by atoms with Crippen LogP contribution in [0.15, 0.2) is 54.6 Å². The van der Waals surface area contributed by atoms with Crippen LogP contribution in [0, 0.1) is 17.5 Å². The van der Waals surface area contributed by atoms with E-state index >= 15 is 0 Å². The predicted molar refractivity (Wildman–Crippen MR) is 80.5 cm³/mol. The van der Waals surface area contributed by atoms with Crippen molar-refractivity contribution in [3.63, 3.8) is 0 Å². The second kappa shape index (κ2) is 11.0. The summed E-state index contributed by atoms with van der Waals surface area (Å²) < 4.78 is 35.8. The van der Waals surface area contributed by atoms with Gasteiger partial charge in [0, 0.05) is 6.07 Å². The number of halogens is 3. The van der Waals surface area contributed by atoms with E-state index in [1.165, 1.54) is 68.9 Å². The van der Waals surface area contributed by atoms with Crippen LogP contribution in [-0.2, 0) is 0 Å². The number of hydrogen-bond acceptors (Lipinski definition) is 0. The molecule has 1 saturated carbocycles. The van der Waals surface area contributed by atoms with E-state index in [2.05, 4.69) is 0 Å². The molecule has 0 atom stereocenters. The van der Waals surface area contributed by atoms with Gasteiger partial charge in [0.25, 0.3) is 0 Å². The molecule has 1 aliphatic rings. The fourth-order valence-corrected chi connectivity index (χ4v) is 1.94. The summed E-state index contributed by atoms with van der Waals surface area (Å²) in [5, 5.41) is 0. The molecule has 114 valence electrons. The van der Waals surface area contributed by atoms with Gasteiger partial charge in [-0.15, -0.1) is 0 Å². The third-order valence-corrected chi connectivity index (χ3v) is 3.02. The van der Waals surface area contributed by atoms with Gasteiger partial charge in [-0.1, -0.05) is 62.8 Å². The summed E-state index contributed by atoms with van der Waals surface area (Å²) >= 11 is 0. The Morgan fingerprint density at radius 1 is 0.476 bits per heavy atom. The van der Waals surface area contributed by atoms with Crippen molar-refractivity contribution in [1.82, 2.24) is 0 Å². The number of hydrogen-bond donors (Lipinski definition) is 0. The highest BCUT2D eigenvalue weighted by atomic mass is 19.1. The molecule has 0 heterocycles. The molecule has 21 heavy (non-hydrogen) atoms. The van der Waals surface area contributed by atoms with Gasteiger partial charge in [0.05, 0.1) is 0 Å². The molecule has 0 radical (unpaired) electrons. The first-order valence-corrected chi connectivity index (χ1v) is 7.30. The van der Waals surface area contributed by atoms with Gasteiger partial charge >= 0.3 is 0 Å². The van der Waals surface area contributed by atoms with E-state index < -0.39 is 11.6 Å². The minimum Gasteiger partial charge on any atom is -0.207 e. The van der Waals surface area contributed by atoms with Gasteiger partial charge < -0.3 is 0 Å². The fraction of sp³-hybridized carbons (Fsp3) is 0.333. The summed E-state index contributed by atoms with van der Waals surface area (Å²) in [6.45, 7) is 0. The average Bonchev–Trinajstić information content (AvgIpc) is 2.51. The molecule has 3 heteroatoms. The van der Waals surface area contributed by atoms with Crippen molar-refractivity contribution in [1.29, 1.82) is 0 Å². The zero-order valence-corrected chi connectivity index (χ0v) is 12.1. The van der Waals surface area contributed by atoms with E-state index in [-0.39, 0.29) is 5.82 Å². The molecule has 2 aromatic carbocycles. The molecule has 3 rings (SSSR count). The Hall–Kier alpha value is -1.77. The molecule has 0 saturated heterocycles. The van der Waals surface area contributed by atoms with Crippen LogP contribution in [0.25, 0.3) is 0 Å². The van der Waals surface area contributed by atoms with Crippen molar-refractivity contribution >= 4 is 0 Å². The van der Waals surface area contributed by atoms with Gasteiger partial charge in [0.1, 0.15) is 17.5 Å². The Morgan fingerprint density at radius 2 is 0.857 bits per heavy atom. The standard InChI is InChI=1S/C6H4F2.C6H5F.C6H12/c7-5-2-1-3-6(8)4-5;7-6-4-2-1-3-5-6;1-2-4-6-5-3-1/h1-4H;1-5H;1-6H2. The Bertz CT molecular complexity index is 450. The second-order valence-corrected chi connectivity index (χ2v) is 4.86. The van der Waals surface area contributed by atoms with Crippen LogP contribution in [0.1, 0.15) is 38.5 Å². The quantitative estimate of drug-likeness (QED) is 0.548. The van der Waals surface area contributed by atoms with Gasteiger partial charge in [-0.3, -0.25) is 0 Å². The maximum absolute atomic E-state index is 11.9. The summed E-state index contributed by atoms with van der Waals surface area (Å²) in [4.78, 5) is 0. The molecule has 2 aromatic rings. The van der Waals surface area contributed by atoms with E-state index in [1.807, 2.05) is 0 Å². The van der Waals surface area contributed by atoms with Crippen molar-refractivity contribution in [2.45, 2.75) is 38.5 Å². The zero-order chi connectivity index (χ0) is 15.3. The summed E-state index contributed by atoms with van der Waals surface area (Å²) in [7, 11) is 0. The third kappa shape index (κ3) is 9.72. The lowest BCUT2D eigenvalue weighted by molar-refractivity contribution is 0.504. The molecule has 0 unspecified atom stereocenters. The maximum atomic E-state index is 11.9. The summed E-state index contributed by atoms with van der Waals surface area (Å²) in [5.41, 5.74) is 0. The molecule has 0 aliphatic heterocycles. The average molecular weight is 294 g/mol. The molecule has 1 fully saturated rings. The Labute approximate surface area is 124 Å². The van der Waals surface area contributed by atoms with Crippen molar-refractivity contribution in [2.75, 3.05) is 0 Å². The zero-order valence-electron chi connectivity index (χ0n) is 12.1. The molecule has 0 spiro atoms. The number of benzene rings is 2. The van der Waals surface area contributed by atoms with Crippen LogP contribution in [0.4, 0.5) is 13.2 Å². The van der Waals surface area contributed by atoms with E-state index in [9.17, 15) is 13.2 Å². The highest BCUT2D eigenvalue weighted by molar-refractivity contribution is 5.05. The lowest BCUT2D eigenvalue weighted by Crippen LogP contribution is -1.85. The van der Waals surface area contributed by atoms with Gasteiger partial charge in [-0.2, -0.15) is 0 Å². The van der Waals surface area contributed by atoms with Crippen LogP contribution in [0.5, 0.6) is 0 Å². The summed E-state index contributed by atoms with van der Waals surface area (Å²) in [5.74, 6) is -1.25. The molecular formula is C18H21F3. The van der Waals surface area contributed by atoms with Crippen molar-refractivity contribution < 1.29 is 13.2 Å². The van der Waals surface area contributed by atoms with Crippen molar-refractivity contribution in [2.24, 2.45) is 0 Å². The third-order valence-electron chi connectivity index (χ3n) is 3.02. The first kappa shape index (κ1) is 17.3. The smallest absolute Gasteiger partial charge is 0.126 e. The van der Waals surface area contributed by atoms with Gasteiger partial charge in [0.2, 0.25) is 0 Å². The minimum absolute atomic E-state index is 0.178. The molecule has 0 bridgehead atoms. The first-order valence-electron chi connectivity index (χ1n) is 7.30. The van der Waals surface area contributed by atoms with Crippen LogP contribution >= 0.6 is 0 Å². The maximum Gasteiger partial charge on any atom is 0.126 e. The Kier molecular flexibility index (Phi) is 9.01. The minimum atomic E-state index is -0.537. The molecule has 0 aromatic heterocycles. The van der Waals surface area contributed by atoms with Crippen molar-refractivity contribution in [3.05, 3.63) is 72.0 Å². The molecule has 0 N–H and O–H groups in total. The predicted octanol–water partition coefficient (Wildman–Crippen LogP) is 6.13. The Balaban J connectivity index is 0.000000159. The SMILES string of the molecule is C1CCCCC1.Fc1cccc(F)c1.Fc1ccccc1. The molecule has 1 aliphatic carbocycles. The van der Waals surface area contributed by atoms with Crippen LogP contribution in [-0.4, -0.2) is 0 Å². The van der Waals surface area contributed by atoms with E-state index in [1.54, 1.807) is 18.2 Å². The van der Waals surface area contributed by atoms with Crippen LogP contribution in [0.3, 0.4) is 0 Å². The molecular weight excluding hydrogens is 273 g/mol. The van der Waals surface area contributed by atoms with Gasteiger partial charge in [-0.25, -0.2) is 13.2 Å². The second-order valence-electron chi connectivity index (χ2n) is 4.86. The van der Waals surface area contributed by atoms with E-state index in [0.717, 1.165) is 6.07 Å². The number of rotatable bonds is 0. The van der Waals surface area contributed by atoms with Gasteiger partial charge in [0.15, 0.2) is 0 Å². The molecule has 0 nitrogen and oxygen atoms in total. The topological polar surface area (TPSA) is 0 Å². The van der Waals surface area contributed by atoms with Gasteiger partial charge in [-0.05, 0) is 24.3 Å². The lowest BCUT2D eigenvalue weighted by atomic mass is 10.0. The first-order chi connectivity index (χ1) is 10.2. The fourth-order valence-electron chi connectivity index (χ4n) is 1.94. The summed E-state index contributed by atoms with van der Waals surface area (Å²) in [6, 6.07) is 12.5. The van der Waals surface area contributed by atoms with Crippen LogP contribution < -0.4 is 0 Å². The summed E-state index contributed by atoms with van der Waals surface area (Å²) in [6.07, 6.45) is 9.00.